The molecule has 2 aromatic rings. The summed E-state index contributed by atoms with van der Waals surface area (Å²) in [4.78, 5) is 4.64. The van der Waals surface area contributed by atoms with Crippen LogP contribution in [-0.4, -0.2) is 10.1 Å². The Morgan fingerprint density at radius 2 is 2.19 bits per heavy atom. The van der Waals surface area contributed by atoms with Crippen molar-refractivity contribution in [2.24, 2.45) is 0 Å². The number of para-hydroxylation sites is 1. The highest BCUT2D eigenvalue weighted by Crippen LogP contribution is 2.32. The van der Waals surface area contributed by atoms with Crippen LogP contribution in [0.4, 0.5) is 0 Å². The first-order chi connectivity index (χ1) is 7.70. The van der Waals surface area contributed by atoms with E-state index < -0.39 is 0 Å². The van der Waals surface area contributed by atoms with Crippen molar-refractivity contribution in [2.45, 2.75) is 13.5 Å². The number of aliphatic hydroxyl groups is 1. The van der Waals surface area contributed by atoms with Crippen molar-refractivity contribution in [3.05, 3.63) is 39.9 Å². The molecule has 0 atom stereocenters. The number of rotatable bonds is 3. The molecule has 0 fully saturated rings. The fourth-order valence-corrected chi connectivity index (χ4v) is 2.19. The van der Waals surface area contributed by atoms with Crippen molar-refractivity contribution in [3.8, 4) is 10.9 Å². The Balaban J connectivity index is 2.24. The molecule has 0 aliphatic heterocycles. The molecule has 0 aliphatic rings. The van der Waals surface area contributed by atoms with Gasteiger partial charge in [-0.05, 0) is 18.6 Å². The summed E-state index contributed by atoms with van der Waals surface area (Å²) >= 11 is 7.06. The highest BCUT2D eigenvalue weighted by atomic mass is 35.5. The maximum absolute atomic E-state index is 8.98. The second kappa shape index (κ2) is 4.82. The number of aromatic nitrogens is 1. The number of nitrogens with zero attached hydrogens (tertiary/aromatic N) is 1. The molecule has 1 N–H and O–H groups in total. The summed E-state index contributed by atoms with van der Waals surface area (Å²) in [7, 11) is 0. The van der Waals surface area contributed by atoms with Gasteiger partial charge in [-0.2, -0.15) is 4.98 Å². The fourth-order valence-electron chi connectivity index (χ4n) is 1.22. The van der Waals surface area contributed by atoms with Gasteiger partial charge in [-0.25, -0.2) is 0 Å². The van der Waals surface area contributed by atoms with Gasteiger partial charge in [-0.15, -0.1) is 0 Å². The standard InChI is InChI=1S/C11H10ClNO2S/c1-7-4-2-3-5-8(7)15-11-13-10(12)9(6-14)16-11/h2-5,14H,6H2,1H3. The van der Waals surface area contributed by atoms with Crippen molar-refractivity contribution < 1.29 is 9.84 Å². The average Bonchev–Trinajstić information content (AvgIpc) is 2.62. The van der Waals surface area contributed by atoms with E-state index in [9.17, 15) is 0 Å². The van der Waals surface area contributed by atoms with Crippen LogP contribution in [0.15, 0.2) is 24.3 Å². The molecule has 0 saturated carbocycles. The number of ether oxygens (including phenoxy) is 1. The zero-order chi connectivity index (χ0) is 11.5. The third kappa shape index (κ3) is 2.35. The van der Waals surface area contributed by atoms with Gasteiger partial charge in [-0.3, -0.25) is 0 Å². The maximum atomic E-state index is 8.98. The first kappa shape index (κ1) is 11.4. The molecule has 2 rings (SSSR count). The Morgan fingerprint density at radius 3 is 2.81 bits per heavy atom. The van der Waals surface area contributed by atoms with Crippen LogP contribution in [-0.2, 0) is 6.61 Å². The van der Waals surface area contributed by atoms with Crippen molar-refractivity contribution in [3.63, 3.8) is 0 Å². The van der Waals surface area contributed by atoms with Crippen LogP contribution in [0.1, 0.15) is 10.4 Å². The smallest absolute Gasteiger partial charge is 0.280 e. The van der Waals surface area contributed by atoms with Crippen molar-refractivity contribution in [2.75, 3.05) is 0 Å². The van der Waals surface area contributed by atoms with E-state index in [4.69, 9.17) is 21.4 Å². The molecule has 1 aromatic heterocycles. The lowest BCUT2D eigenvalue weighted by atomic mass is 10.2. The molecular weight excluding hydrogens is 246 g/mol. The van der Waals surface area contributed by atoms with Gasteiger partial charge in [0.15, 0.2) is 0 Å². The number of thiazole rings is 1. The second-order valence-electron chi connectivity index (χ2n) is 3.22. The van der Waals surface area contributed by atoms with Crippen molar-refractivity contribution >= 4 is 22.9 Å². The topological polar surface area (TPSA) is 42.4 Å². The van der Waals surface area contributed by atoms with E-state index in [1.54, 1.807) is 0 Å². The number of aliphatic hydroxyl groups excluding tert-OH is 1. The van der Waals surface area contributed by atoms with Crippen LogP contribution in [0.25, 0.3) is 0 Å². The lowest BCUT2D eigenvalue weighted by Gasteiger charge is -2.03. The quantitative estimate of drug-likeness (QED) is 0.914. The molecule has 3 nitrogen and oxygen atoms in total. The van der Waals surface area contributed by atoms with Crippen molar-refractivity contribution in [1.82, 2.24) is 4.98 Å². The van der Waals surface area contributed by atoms with Crippen LogP contribution in [0.5, 0.6) is 10.9 Å². The number of benzene rings is 1. The molecule has 84 valence electrons. The molecule has 16 heavy (non-hydrogen) atoms. The third-order valence-corrected chi connectivity index (χ3v) is 3.41. The number of aryl methyl sites for hydroxylation is 1. The van der Waals surface area contributed by atoms with Crippen LogP contribution in [0.3, 0.4) is 0 Å². The lowest BCUT2D eigenvalue weighted by Crippen LogP contribution is -1.85. The molecule has 0 saturated heterocycles. The number of hydrogen-bond donors (Lipinski definition) is 1. The maximum Gasteiger partial charge on any atom is 0.280 e. The molecule has 1 aromatic carbocycles. The van der Waals surface area contributed by atoms with Gasteiger partial charge in [0.25, 0.3) is 5.19 Å². The van der Waals surface area contributed by atoms with E-state index in [1.165, 1.54) is 11.3 Å². The minimum atomic E-state index is -0.117. The molecule has 0 amide bonds. The summed E-state index contributed by atoms with van der Waals surface area (Å²) < 4.78 is 5.58. The Labute approximate surface area is 102 Å². The van der Waals surface area contributed by atoms with Gasteiger partial charge < -0.3 is 9.84 Å². The summed E-state index contributed by atoms with van der Waals surface area (Å²) in [6, 6.07) is 7.65. The minimum Gasteiger partial charge on any atom is -0.431 e. The predicted molar refractivity (Wildman–Crippen MR) is 64.3 cm³/mol. The second-order valence-corrected chi connectivity index (χ2v) is 4.62. The van der Waals surface area contributed by atoms with Crippen LogP contribution < -0.4 is 4.74 Å². The molecular formula is C11H10ClNO2S. The molecule has 0 bridgehead atoms. The fraction of sp³-hybridized carbons (Fsp3) is 0.182. The van der Waals surface area contributed by atoms with Gasteiger partial charge in [0.2, 0.25) is 0 Å². The van der Waals surface area contributed by atoms with Crippen molar-refractivity contribution in [1.29, 1.82) is 0 Å². The Morgan fingerprint density at radius 1 is 1.44 bits per heavy atom. The zero-order valence-corrected chi connectivity index (χ0v) is 10.2. The highest BCUT2D eigenvalue weighted by Gasteiger charge is 2.10. The first-order valence-corrected chi connectivity index (χ1v) is 5.89. The van der Waals surface area contributed by atoms with Gasteiger partial charge in [0.05, 0.1) is 11.5 Å². The Hall–Kier alpha value is -1.10. The van der Waals surface area contributed by atoms with Gasteiger partial charge in [0.1, 0.15) is 10.9 Å². The van der Waals surface area contributed by atoms with Gasteiger partial charge in [-0.1, -0.05) is 41.1 Å². The average molecular weight is 256 g/mol. The number of halogens is 1. The summed E-state index contributed by atoms with van der Waals surface area (Å²) in [5.74, 6) is 0.748. The predicted octanol–water partition coefficient (Wildman–Crippen LogP) is 3.39. The Bertz CT molecular complexity index is 498. The van der Waals surface area contributed by atoms with Gasteiger partial charge >= 0.3 is 0 Å². The van der Waals surface area contributed by atoms with E-state index in [2.05, 4.69) is 4.98 Å². The first-order valence-electron chi connectivity index (χ1n) is 4.70. The van der Waals surface area contributed by atoms with Gasteiger partial charge in [0, 0.05) is 0 Å². The van der Waals surface area contributed by atoms with E-state index in [0.29, 0.717) is 15.2 Å². The normalized spacial score (nSPS) is 10.4. The summed E-state index contributed by atoms with van der Waals surface area (Å²) in [6.07, 6.45) is 0. The molecule has 0 unspecified atom stereocenters. The monoisotopic (exact) mass is 255 g/mol. The molecule has 0 aliphatic carbocycles. The number of hydrogen-bond acceptors (Lipinski definition) is 4. The SMILES string of the molecule is Cc1ccccc1Oc1nc(Cl)c(CO)s1. The van der Waals surface area contributed by atoms with E-state index in [1.807, 2.05) is 31.2 Å². The van der Waals surface area contributed by atoms with Crippen LogP contribution in [0.2, 0.25) is 5.15 Å². The third-order valence-electron chi connectivity index (χ3n) is 2.06. The lowest BCUT2D eigenvalue weighted by molar-refractivity contribution is 0.285. The molecule has 0 spiro atoms. The molecule has 0 radical (unpaired) electrons. The van der Waals surface area contributed by atoms with E-state index >= 15 is 0 Å². The summed E-state index contributed by atoms with van der Waals surface area (Å²) in [5, 5.41) is 9.73. The molecule has 5 heteroatoms. The molecule has 1 heterocycles. The van der Waals surface area contributed by atoms with Crippen LogP contribution in [0, 0.1) is 6.92 Å². The van der Waals surface area contributed by atoms with E-state index in [-0.39, 0.29) is 6.61 Å². The summed E-state index contributed by atoms with van der Waals surface area (Å²) in [6.45, 7) is 1.84. The minimum absolute atomic E-state index is 0.117. The summed E-state index contributed by atoms with van der Waals surface area (Å²) in [5.41, 5.74) is 1.03. The largest absolute Gasteiger partial charge is 0.431 e. The van der Waals surface area contributed by atoms with Crippen LogP contribution >= 0.6 is 22.9 Å². The zero-order valence-electron chi connectivity index (χ0n) is 8.61. The highest BCUT2D eigenvalue weighted by molar-refractivity contribution is 7.13. The van der Waals surface area contributed by atoms with E-state index in [0.717, 1.165) is 11.3 Å². The Kier molecular flexibility index (Phi) is 3.43.